The Morgan fingerprint density at radius 1 is 1.30 bits per heavy atom. The van der Waals surface area contributed by atoms with Gasteiger partial charge in [-0.25, -0.2) is 0 Å². The van der Waals surface area contributed by atoms with Crippen molar-refractivity contribution in [2.75, 3.05) is 33.4 Å². The molecule has 1 fully saturated rings. The Morgan fingerprint density at radius 3 is 2.74 bits per heavy atom. The fraction of sp³-hybridized carbons (Fsp3) is 0.588. The van der Waals surface area contributed by atoms with Crippen LogP contribution in [0.5, 0.6) is 0 Å². The molecular weight excluding hydrogens is 405 g/mol. The summed E-state index contributed by atoms with van der Waals surface area (Å²) in [4.78, 5) is 4.22. The van der Waals surface area contributed by atoms with E-state index in [1.54, 1.807) is 7.05 Å². The van der Waals surface area contributed by atoms with Crippen LogP contribution in [0.25, 0.3) is 0 Å². The van der Waals surface area contributed by atoms with Crippen LogP contribution in [0.1, 0.15) is 25.3 Å². The number of guanidine groups is 1. The number of hydrogen-bond acceptors (Lipinski definition) is 3. The van der Waals surface area contributed by atoms with E-state index in [9.17, 15) is 0 Å². The van der Waals surface area contributed by atoms with Gasteiger partial charge >= 0.3 is 0 Å². The van der Waals surface area contributed by atoms with Crippen molar-refractivity contribution in [2.45, 2.75) is 32.0 Å². The molecule has 130 valence electrons. The van der Waals surface area contributed by atoms with Crippen LogP contribution in [0.4, 0.5) is 0 Å². The molecule has 0 spiro atoms. The van der Waals surface area contributed by atoms with Crippen molar-refractivity contribution < 1.29 is 9.47 Å². The van der Waals surface area contributed by atoms with E-state index < -0.39 is 0 Å². The summed E-state index contributed by atoms with van der Waals surface area (Å²) in [6.45, 7) is 5.78. The molecule has 1 aromatic carbocycles. The lowest BCUT2D eigenvalue weighted by atomic mass is 10.0. The maximum absolute atomic E-state index is 5.76. The van der Waals surface area contributed by atoms with E-state index in [4.69, 9.17) is 9.47 Å². The molecule has 1 saturated heterocycles. The Bertz CT molecular complexity index is 462. The van der Waals surface area contributed by atoms with Gasteiger partial charge in [0.25, 0.3) is 0 Å². The van der Waals surface area contributed by atoms with Crippen molar-refractivity contribution in [3.8, 4) is 0 Å². The van der Waals surface area contributed by atoms with Crippen molar-refractivity contribution >= 4 is 29.9 Å². The highest BCUT2D eigenvalue weighted by Crippen LogP contribution is 2.23. The largest absolute Gasteiger partial charge is 0.375 e. The van der Waals surface area contributed by atoms with E-state index >= 15 is 0 Å². The van der Waals surface area contributed by atoms with Crippen LogP contribution in [0.3, 0.4) is 0 Å². The number of ether oxygens (including phenoxy) is 2. The third kappa shape index (κ3) is 7.50. The monoisotopic (exact) mass is 433 g/mol. The number of benzene rings is 1. The SMILES string of the molecule is CN=C(NCCOCc1ccccc1)NCC1(C)CCCO1.I. The molecule has 1 atom stereocenters. The van der Waals surface area contributed by atoms with Crippen molar-refractivity contribution in [3.05, 3.63) is 35.9 Å². The molecule has 23 heavy (non-hydrogen) atoms. The molecular formula is C17H28IN3O2. The van der Waals surface area contributed by atoms with Gasteiger partial charge in [0.2, 0.25) is 0 Å². The van der Waals surface area contributed by atoms with Gasteiger partial charge in [-0.05, 0) is 25.3 Å². The predicted molar refractivity (Wildman–Crippen MR) is 104 cm³/mol. The number of nitrogens with zero attached hydrogens (tertiary/aromatic N) is 1. The van der Waals surface area contributed by atoms with Crippen LogP contribution in [0.2, 0.25) is 0 Å². The van der Waals surface area contributed by atoms with Gasteiger partial charge < -0.3 is 20.1 Å². The number of hydrogen-bond donors (Lipinski definition) is 2. The molecule has 1 heterocycles. The van der Waals surface area contributed by atoms with Crippen molar-refractivity contribution in [1.82, 2.24) is 10.6 Å². The number of rotatable bonds is 7. The van der Waals surface area contributed by atoms with Crippen LogP contribution < -0.4 is 10.6 Å². The van der Waals surface area contributed by atoms with Crippen LogP contribution in [-0.2, 0) is 16.1 Å². The van der Waals surface area contributed by atoms with E-state index in [1.165, 1.54) is 5.56 Å². The minimum Gasteiger partial charge on any atom is -0.375 e. The maximum atomic E-state index is 5.76. The first-order valence-corrected chi connectivity index (χ1v) is 7.92. The smallest absolute Gasteiger partial charge is 0.191 e. The molecule has 0 aliphatic carbocycles. The lowest BCUT2D eigenvalue weighted by molar-refractivity contribution is 0.0242. The number of aliphatic imine (C=N–C) groups is 1. The summed E-state index contributed by atoms with van der Waals surface area (Å²) in [5, 5.41) is 6.57. The second-order valence-electron chi connectivity index (χ2n) is 5.79. The van der Waals surface area contributed by atoms with Crippen LogP contribution in [0.15, 0.2) is 35.3 Å². The molecule has 6 heteroatoms. The van der Waals surface area contributed by atoms with Gasteiger partial charge in [0.05, 0.1) is 18.8 Å². The summed E-state index contributed by atoms with van der Waals surface area (Å²) < 4.78 is 11.4. The van der Waals surface area contributed by atoms with Crippen LogP contribution in [-0.4, -0.2) is 44.9 Å². The fourth-order valence-corrected chi connectivity index (χ4v) is 2.47. The lowest BCUT2D eigenvalue weighted by Crippen LogP contribution is -2.46. The van der Waals surface area contributed by atoms with E-state index in [0.29, 0.717) is 13.2 Å². The molecule has 0 amide bonds. The predicted octanol–water partition coefficient (Wildman–Crippen LogP) is 2.56. The maximum Gasteiger partial charge on any atom is 0.191 e. The standard InChI is InChI=1S/C17H27N3O2.HI/c1-17(9-6-11-22-17)14-20-16(18-2)19-10-12-21-13-15-7-4-3-5-8-15;/h3-5,7-8H,6,9-14H2,1-2H3,(H2,18,19,20);1H. The Morgan fingerprint density at radius 2 is 2.09 bits per heavy atom. The quantitative estimate of drug-likeness (QED) is 0.301. The van der Waals surface area contributed by atoms with Crippen molar-refractivity contribution in [3.63, 3.8) is 0 Å². The van der Waals surface area contributed by atoms with Gasteiger partial charge in [0.1, 0.15) is 0 Å². The van der Waals surface area contributed by atoms with Gasteiger partial charge in [-0.15, -0.1) is 24.0 Å². The molecule has 1 unspecified atom stereocenters. The summed E-state index contributed by atoms with van der Waals surface area (Å²) >= 11 is 0. The normalized spacial score (nSPS) is 20.9. The fourth-order valence-electron chi connectivity index (χ4n) is 2.47. The average Bonchev–Trinajstić information content (AvgIpc) is 2.98. The molecule has 0 saturated carbocycles. The highest BCUT2D eigenvalue weighted by Gasteiger charge is 2.29. The Kier molecular flexibility index (Phi) is 9.50. The molecule has 0 bridgehead atoms. The molecule has 2 N–H and O–H groups in total. The van der Waals surface area contributed by atoms with Gasteiger partial charge in [-0.2, -0.15) is 0 Å². The molecule has 0 radical (unpaired) electrons. The van der Waals surface area contributed by atoms with E-state index in [0.717, 1.165) is 38.5 Å². The van der Waals surface area contributed by atoms with E-state index in [1.807, 2.05) is 18.2 Å². The zero-order chi connectivity index (χ0) is 15.7. The minimum absolute atomic E-state index is 0. The van der Waals surface area contributed by atoms with Gasteiger partial charge in [0, 0.05) is 26.7 Å². The number of nitrogens with one attached hydrogen (secondary N) is 2. The molecule has 2 rings (SSSR count). The first kappa shape index (κ1) is 20.2. The third-order valence-corrected chi connectivity index (χ3v) is 3.80. The van der Waals surface area contributed by atoms with Crippen molar-refractivity contribution in [2.24, 2.45) is 4.99 Å². The Hall–Kier alpha value is -0.860. The second kappa shape index (κ2) is 10.8. The highest BCUT2D eigenvalue weighted by atomic mass is 127. The zero-order valence-electron chi connectivity index (χ0n) is 14.0. The zero-order valence-corrected chi connectivity index (χ0v) is 16.3. The summed E-state index contributed by atoms with van der Waals surface area (Å²) in [7, 11) is 1.78. The first-order valence-electron chi connectivity index (χ1n) is 7.92. The lowest BCUT2D eigenvalue weighted by Gasteiger charge is -2.24. The van der Waals surface area contributed by atoms with Crippen LogP contribution in [0, 0.1) is 0 Å². The highest BCUT2D eigenvalue weighted by molar-refractivity contribution is 14.0. The van der Waals surface area contributed by atoms with Gasteiger partial charge in [-0.3, -0.25) is 4.99 Å². The molecule has 0 aromatic heterocycles. The average molecular weight is 433 g/mol. The summed E-state index contributed by atoms with van der Waals surface area (Å²) in [6.07, 6.45) is 2.23. The van der Waals surface area contributed by atoms with Crippen LogP contribution >= 0.6 is 24.0 Å². The third-order valence-electron chi connectivity index (χ3n) is 3.80. The minimum atomic E-state index is -0.0680. The molecule has 1 aromatic rings. The van der Waals surface area contributed by atoms with Gasteiger partial charge in [0.15, 0.2) is 5.96 Å². The summed E-state index contributed by atoms with van der Waals surface area (Å²) in [6, 6.07) is 10.2. The second-order valence-corrected chi connectivity index (χ2v) is 5.79. The Labute approximate surface area is 156 Å². The first-order chi connectivity index (χ1) is 10.7. The van der Waals surface area contributed by atoms with E-state index in [-0.39, 0.29) is 29.6 Å². The molecule has 5 nitrogen and oxygen atoms in total. The summed E-state index contributed by atoms with van der Waals surface area (Å²) in [5.41, 5.74) is 1.12. The van der Waals surface area contributed by atoms with Gasteiger partial charge in [-0.1, -0.05) is 30.3 Å². The molecule has 1 aliphatic rings. The molecule has 1 aliphatic heterocycles. The topological polar surface area (TPSA) is 54.9 Å². The van der Waals surface area contributed by atoms with Crippen molar-refractivity contribution in [1.29, 1.82) is 0 Å². The summed E-state index contributed by atoms with van der Waals surface area (Å²) in [5.74, 6) is 0.792. The van der Waals surface area contributed by atoms with E-state index in [2.05, 4.69) is 34.7 Å². The Balaban J connectivity index is 0.00000264. The number of halogens is 1.